The Hall–Kier alpha value is -1.28. The van der Waals surface area contributed by atoms with Gasteiger partial charge in [-0.1, -0.05) is 0 Å². The number of aromatic nitrogens is 3. The highest BCUT2D eigenvalue weighted by Gasteiger charge is 2.36. The molecule has 0 spiro atoms. The van der Waals surface area contributed by atoms with E-state index in [0.717, 1.165) is 12.8 Å². The highest BCUT2D eigenvalue weighted by atomic mass is 35.5. The molecule has 0 saturated carbocycles. The molecule has 0 aromatic carbocycles. The van der Waals surface area contributed by atoms with E-state index in [9.17, 15) is 4.79 Å². The maximum absolute atomic E-state index is 12.8. The summed E-state index contributed by atoms with van der Waals surface area (Å²) in [5.41, 5.74) is 0. The van der Waals surface area contributed by atoms with Crippen LogP contribution in [0.3, 0.4) is 0 Å². The molecule has 2 aromatic rings. The summed E-state index contributed by atoms with van der Waals surface area (Å²) < 4.78 is 0. The Morgan fingerprint density at radius 2 is 1.80 bits per heavy atom. The van der Waals surface area contributed by atoms with Crippen molar-refractivity contribution in [3.05, 3.63) is 29.5 Å². The zero-order chi connectivity index (χ0) is 15.8. The lowest BCUT2D eigenvalue weighted by molar-refractivity contribution is 0.0686. The van der Waals surface area contributed by atoms with Crippen LogP contribution in [0.2, 0.25) is 0 Å². The fourth-order valence-electron chi connectivity index (χ4n) is 3.57. The Kier molecular flexibility index (Phi) is 6.73. The third-order valence-electron chi connectivity index (χ3n) is 4.79. The van der Waals surface area contributed by atoms with Gasteiger partial charge in [-0.2, -0.15) is 0 Å². The highest BCUT2D eigenvalue weighted by Crippen LogP contribution is 2.31. The van der Waals surface area contributed by atoms with E-state index in [1.54, 1.807) is 24.7 Å². The third kappa shape index (κ3) is 4.11. The largest absolute Gasteiger partial charge is 0.338 e. The van der Waals surface area contributed by atoms with E-state index >= 15 is 0 Å². The lowest BCUT2D eigenvalue weighted by Crippen LogP contribution is -2.48. The van der Waals surface area contributed by atoms with Gasteiger partial charge in [-0.05, 0) is 31.7 Å². The van der Waals surface area contributed by atoms with E-state index in [0.29, 0.717) is 33.8 Å². The molecular weight excluding hydrogens is 381 g/mol. The number of hydrogen-bond donors (Lipinski definition) is 1. The summed E-state index contributed by atoms with van der Waals surface area (Å²) in [6.45, 7) is 0. The van der Waals surface area contributed by atoms with Gasteiger partial charge in [0.05, 0.1) is 6.20 Å². The van der Waals surface area contributed by atoms with Crippen LogP contribution < -0.4 is 5.32 Å². The van der Waals surface area contributed by atoms with Gasteiger partial charge in [-0.25, -0.2) is 15.0 Å². The van der Waals surface area contributed by atoms with E-state index in [2.05, 4.69) is 20.3 Å². The normalized spacial score (nSPS) is 24.1. The molecule has 2 aliphatic heterocycles. The second kappa shape index (κ2) is 8.40. The smallest absolute Gasteiger partial charge is 0.265 e. The molecule has 2 bridgehead atoms. The minimum absolute atomic E-state index is 0. The minimum atomic E-state index is 0. The maximum atomic E-state index is 12.8. The van der Waals surface area contributed by atoms with Gasteiger partial charge in [0.25, 0.3) is 5.91 Å². The zero-order valence-electron chi connectivity index (χ0n) is 13.8. The number of carbonyl (C=O) groups is 1. The molecule has 6 nitrogen and oxygen atoms in total. The van der Waals surface area contributed by atoms with Crippen LogP contribution in [0.5, 0.6) is 0 Å². The Balaban J connectivity index is 0.00000113. The molecule has 4 rings (SSSR count). The van der Waals surface area contributed by atoms with Gasteiger partial charge in [0, 0.05) is 37.6 Å². The van der Waals surface area contributed by atoms with Gasteiger partial charge in [-0.15, -0.1) is 36.2 Å². The molecular formula is C16H21Cl2N5OS. The first-order valence-corrected chi connectivity index (χ1v) is 8.79. The molecule has 2 aliphatic rings. The number of nitrogens with one attached hydrogen (secondary N) is 1. The van der Waals surface area contributed by atoms with Crippen LogP contribution in [0.1, 0.15) is 35.4 Å². The molecule has 2 aromatic heterocycles. The van der Waals surface area contributed by atoms with Crippen molar-refractivity contribution in [2.75, 3.05) is 7.05 Å². The van der Waals surface area contributed by atoms with Crippen LogP contribution >= 0.6 is 36.2 Å². The fraction of sp³-hybridized carbons (Fsp3) is 0.500. The zero-order valence-corrected chi connectivity index (χ0v) is 16.2. The van der Waals surface area contributed by atoms with Crippen LogP contribution in [-0.2, 0) is 0 Å². The maximum Gasteiger partial charge on any atom is 0.265 e. The summed E-state index contributed by atoms with van der Waals surface area (Å²) in [5, 5.41) is 4.30. The standard InChI is InChI=1S/C16H19N5OS.2ClH/c1-21(12-7-10-3-4-11(8-12)20-10)16(22)13-9-19-15(23-13)14-17-5-2-6-18-14;;/h2,5-6,9-12,20H,3-4,7-8H2,1H3;2*1H. The van der Waals surface area contributed by atoms with Crippen LogP contribution in [-0.4, -0.2) is 50.9 Å². The first-order chi connectivity index (χ1) is 11.2. The van der Waals surface area contributed by atoms with Gasteiger partial charge in [0.15, 0.2) is 10.8 Å². The molecule has 4 heterocycles. The number of rotatable bonds is 3. The van der Waals surface area contributed by atoms with E-state index in [4.69, 9.17) is 0 Å². The van der Waals surface area contributed by atoms with Crippen molar-refractivity contribution in [3.63, 3.8) is 0 Å². The molecule has 1 amide bonds. The predicted octanol–water partition coefficient (Wildman–Crippen LogP) is 2.80. The monoisotopic (exact) mass is 401 g/mol. The fourth-order valence-corrected chi connectivity index (χ4v) is 4.42. The number of fused-ring (bicyclic) bond motifs is 2. The minimum Gasteiger partial charge on any atom is -0.338 e. The number of amides is 1. The van der Waals surface area contributed by atoms with Crippen LogP contribution in [0.4, 0.5) is 0 Å². The number of thiazole rings is 1. The van der Waals surface area contributed by atoms with Crippen molar-refractivity contribution in [2.24, 2.45) is 0 Å². The van der Waals surface area contributed by atoms with E-state index in [-0.39, 0.29) is 30.7 Å². The van der Waals surface area contributed by atoms with Crippen molar-refractivity contribution in [2.45, 2.75) is 43.8 Å². The molecule has 2 saturated heterocycles. The lowest BCUT2D eigenvalue weighted by Gasteiger charge is -2.35. The lowest BCUT2D eigenvalue weighted by atomic mass is 9.98. The molecule has 9 heteroatoms. The van der Waals surface area contributed by atoms with Crippen LogP contribution in [0, 0.1) is 0 Å². The van der Waals surface area contributed by atoms with Gasteiger partial charge in [0.1, 0.15) is 4.88 Å². The number of hydrogen-bond acceptors (Lipinski definition) is 6. The molecule has 1 N–H and O–H groups in total. The van der Waals surface area contributed by atoms with Gasteiger partial charge < -0.3 is 10.2 Å². The Bertz CT molecular complexity index is 702. The highest BCUT2D eigenvalue weighted by molar-refractivity contribution is 7.16. The van der Waals surface area contributed by atoms with Crippen molar-refractivity contribution >= 4 is 42.1 Å². The SMILES string of the molecule is CN(C(=O)c1cnc(-c2ncccn2)s1)C1CC2CCC(C1)N2.Cl.Cl. The number of nitrogens with zero attached hydrogens (tertiary/aromatic N) is 4. The number of carbonyl (C=O) groups excluding carboxylic acids is 1. The van der Waals surface area contributed by atoms with Gasteiger partial charge in [0.2, 0.25) is 0 Å². The predicted molar refractivity (Wildman–Crippen MR) is 103 cm³/mol. The molecule has 136 valence electrons. The topological polar surface area (TPSA) is 71.0 Å². The molecule has 2 unspecified atom stereocenters. The Labute approximate surface area is 163 Å². The molecule has 0 radical (unpaired) electrons. The second-order valence-electron chi connectivity index (χ2n) is 6.28. The Morgan fingerprint density at radius 1 is 1.16 bits per heavy atom. The Morgan fingerprint density at radius 3 is 2.44 bits per heavy atom. The quantitative estimate of drug-likeness (QED) is 0.855. The summed E-state index contributed by atoms with van der Waals surface area (Å²) in [4.78, 5) is 28.0. The summed E-state index contributed by atoms with van der Waals surface area (Å²) in [7, 11) is 1.91. The summed E-state index contributed by atoms with van der Waals surface area (Å²) in [6, 6.07) is 3.23. The third-order valence-corrected chi connectivity index (χ3v) is 5.77. The molecule has 0 aliphatic carbocycles. The average Bonchev–Trinajstić information content (AvgIpc) is 3.21. The molecule has 2 atom stereocenters. The first-order valence-electron chi connectivity index (χ1n) is 7.97. The van der Waals surface area contributed by atoms with Gasteiger partial charge in [-0.3, -0.25) is 4.79 Å². The number of piperidine rings is 1. The van der Waals surface area contributed by atoms with E-state index in [1.807, 2.05) is 11.9 Å². The van der Waals surface area contributed by atoms with Crippen molar-refractivity contribution in [1.82, 2.24) is 25.2 Å². The van der Waals surface area contributed by atoms with Crippen LogP contribution in [0.25, 0.3) is 10.8 Å². The van der Waals surface area contributed by atoms with Gasteiger partial charge >= 0.3 is 0 Å². The summed E-state index contributed by atoms with van der Waals surface area (Å²) in [5.74, 6) is 0.620. The van der Waals surface area contributed by atoms with Crippen LogP contribution in [0.15, 0.2) is 24.7 Å². The second-order valence-corrected chi connectivity index (χ2v) is 7.31. The molecule has 25 heavy (non-hydrogen) atoms. The van der Waals surface area contributed by atoms with Crippen molar-refractivity contribution in [3.8, 4) is 10.8 Å². The van der Waals surface area contributed by atoms with E-state index < -0.39 is 0 Å². The first kappa shape index (κ1) is 20.0. The molecule has 2 fully saturated rings. The average molecular weight is 402 g/mol. The van der Waals surface area contributed by atoms with Crippen molar-refractivity contribution in [1.29, 1.82) is 0 Å². The summed E-state index contributed by atoms with van der Waals surface area (Å²) in [6.07, 6.45) is 9.58. The van der Waals surface area contributed by atoms with E-state index in [1.165, 1.54) is 24.2 Å². The summed E-state index contributed by atoms with van der Waals surface area (Å²) >= 11 is 1.36. The van der Waals surface area contributed by atoms with Crippen molar-refractivity contribution < 1.29 is 4.79 Å². The number of halogens is 2.